The van der Waals surface area contributed by atoms with Gasteiger partial charge in [0.25, 0.3) is 5.91 Å². The van der Waals surface area contributed by atoms with E-state index in [1.54, 1.807) is 4.90 Å². The molecule has 2 saturated heterocycles. The number of rotatable bonds is 2. The molecule has 1 amide bonds. The smallest absolute Gasteiger partial charge is 0.250 e. The summed E-state index contributed by atoms with van der Waals surface area (Å²) >= 11 is 0. The molecular weight excluding hydrogens is 290 g/mol. The number of anilines is 3. The second-order valence-corrected chi connectivity index (χ2v) is 7.07. The highest BCUT2D eigenvalue weighted by molar-refractivity contribution is 6.05. The topological polar surface area (TPSA) is 42.9 Å². The number of aromatic nitrogens is 1. The summed E-state index contributed by atoms with van der Waals surface area (Å²) in [4.78, 5) is 26.3. The average molecular weight is 315 g/mol. The van der Waals surface area contributed by atoms with E-state index in [9.17, 15) is 4.79 Å². The minimum atomic E-state index is -0.106. The first-order valence-electron chi connectivity index (χ1n) is 8.59. The molecule has 0 aromatic carbocycles. The highest BCUT2D eigenvalue weighted by atomic mass is 16.2. The number of hydrogen-bond donors (Lipinski definition) is 0. The Morgan fingerprint density at radius 1 is 1.22 bits per heavy atom. The maximum absolute atomic E-state index is 12.9. The van der Waals surface area contributed by atoms with E-state index in [4.69, 9.17) is 4.98 Å². The summed E-state index contributed by atoms with van der Waals surface area (Å²) in [5.74, 6) is 1.15. The van der Waals surface area contributed by atoms with Gasteiger partial charge in [-0.2, -0.15) is 0 Å². The van der Waals surface area contributed by atoms with Crippen molar-refractivity contribution >= 4 is 23.1 Å². The van der Waals surface area contributed by atoms with Gasteiger partial charge in [0, 0.05) is 45.8 Å². The lowest BCUT2D eigenvalue weighted by atomic mass is 10.0. The van der Waals surface area contributed by atoms with Gasteiger partial charge < -0.3 is 14.7 Å². The van der Waals surface area contributed by atoms with E-state index in [2.05, 4.69) is 34.6 Å². The summed E-state index contributed by atoms with van der Waals surface area (Å²) in [7, 11) is 1.88. The lowest BCUT2D eigenvalue weighted by molar-refractivity contribution is -0.121. The molecule has 1 atom stereocenters. The largest absolute Gasteiger partial charge is 0.370 e. The molecule has 0 bridgehead atoms. The molecule has 4 heterocycles. The number of likely N-dealkylation sites (N-methyl/N-ethyl adjacent to an activating group) is 1. The Hall–Kier alpha value is -1.82. The first kappa shape index (κ1) is 14.8. The van der Waals surface area contributed by atoms with E-state index in [1.165, 1.54) is 6.42 Å². The van der Waals surface area contributed by atoms with Crippen LogP contribution in [0.2, 0.25) is 0 Å². The zero-order valence-electron chi connectivity index (χ0n) is 14.2. The van der Waals surface area contributed by atoms with Crippen molar-refractivity contribution in [3.8, 4) is 0 Å². The van der Waals surface area contributed by atoms with Crippen molar-refractivity contribution in [2.24, 2.45) is 0 Å². The summed E-state index contributed by atoms with van der Waals surface area (Å²) in [5.41, 5.74) is 2.09. The number of hydrogen-bond acceptors (Lipinski definition) is 5. The summed E-state index contributed by atoms with van der Waals surface area (Å²) in [6.45, 7) is 9.21. The Morgan fingerprint density at radius 3 is 2.65 bits per heavy atom. The van der Waals surface area contributed by atoms with Crippen molar-refractivity contribution in [3.63, 3.8) is 0 Å². The normalized spacial score (nSPS) is 24.6. The van der Waals surface area contributed by atoms with Gasteiger partial charge in [0.15, 0.2) is 5.82 Å². The SMILES string of the molecule is CC(C)N1CCN2c3ncc(N4CCC4)cc3N(C)C(=O)[C@@H]2C1. The first-order chi connectivity index (χ1) is 11.1. The number of piperazine rings is 1. The monoisotopic (exact) mass is 315 g/mol. The fourth-order valence-electron chi connectivity index (χ4n) is 3.73. The zero-order valence-corrected chi connectivity index (χ0v) is 14.2. The van der Waals surface area contributed by atoms with Crippen LogP contribution in [0.4, 0.5) is 17.2 Å². The van der Waals surface area contributed by atoms with E-state index in [0.717, 1.165) is 49.9 Å². The average Bonchev–Trinajstić information content (AvgIpc) is 2.50. The van der Waals surface area contributed by atoms with Gasteiger partial charge in [0.2, 0.25) is 0 Å². The molecule has 1 aromatic heterocycles. The number of fused-ring (bicyclic) bond motifs is 3. The van der Waals surface area contributed by atoms with E-state index in [-0.39, 0.29) is 11.9 Å². The highest BCUT2D eigenvalue weighted by Gasteiger charge is 2.41. The van der Waals surface area contributed by atoms with Gasteiger partial charge in [0.05, 0.1) is 17.6 Å². The molecule has 0 spiro atoms. The fourth-order valence-corrected chi connectivity index (χ4v) is 3.73. The van der Waals surface area contributed by atoms with Gasteiger partial charge in [-0.15, -0.1) is 0 Å². The molecule has 0 saturated carbocycles. The Morgan fingerprint density at radius 2 is 2.00 bits per heavy atom. The number of pyridine rings is 1. The van der Waals surface area contributed by atoms with E-state index < -0.39 is 0 Å². The molecule has 6 nitrogen and oxygen atoms in total. The quantitative estimate of drug-likeness (QED) is 0.819. The van der Waals surface area contributed by atoms with Crippen LogP contribution in [-0.4, -0.2) is 67.6 Å². The van der Waals surface area contributed by atoms with Crippen LogP contribution in [0.1, 0.15) is 20.3 Å². The lowest BCUT2D eigenvalue weighted by Gasteiger charge is -2.47. The Bertz CT molecular complexity index is 627. The fraction of sp³-hybridized carbons (Fsp3) is 0.647. The van der Waals surface area contributed by atoms with Crippen LogP contribution in [0.15, 0.2) is 12.3 Å². The van der Waals surface area contributed by atoms with Crippen LogP contribution in [0, 0.1) is 0 Å². The van der Waals surface area contributed by atoms with E-state index in [0.29, 0.717) is 6.04 Å². The Kier molecular flexibility index (Phi) is 3.44. The second kappa shape index (κ2) is 5.37. The number of carbonyl (C=O) groups excluding carboxylic acids is 1. The minimum absolute atomic E-state index is 0.106. The molecular formula is C17H25N5O. The molecule has 1 aromatic rings. The summed E-state index contributed by atoms with van der Waals surface area (Å²) in [6, 6.07) is 2.49. The number of amides is 1. The molecule has 6 heteroatoms. The van der Waals surface area contributed by atoms with Gasteiger partial charge in [-0.1, -0.05) is 0 Å². The maximum atomic E-state index is 12.9. The molecule has 0 unspecified atom stereocenters. The van der Waals surface area contributed by atoms with Crippen LogP contribution in [0.3, 0.4) is 0 Å². The van der Waals surface area contributed by atoms with Crippen LogP contribution in [0.25, 0.3) is 0 Å². The van der Waals surface area contributed by atoms with Crippen molar-refractivity contribution < 1.29 is 4.79 Å². The van der Waals surface area contributed by atoms with Crippen molar-refractivity contribution in [1.82, 2.24) is 9.88 Å². The van der Waals surface area contributed by atoms with Crippen molar-refractivity contribution in [3.05, 3.63) is 12.3 Å². The van der Waals surface area contributed by atoms with Crippen LogP contribution >= 0.6 is 0 Å². The summed E-state index contributed by atoms with van der Waals surface area (Å²) < 4.78 is 0. The Balaban J connectivity index is 1.67. The predicted octanol–water partition coefficient (Wildman–Crippen LogP) is 1.17. The highest BCUT2D eigenvalue weighted by Crippen LogP contribution is 2.38. The summed E-state index contributed by atoms with van der Waals surface area (Å²) in [5, 5.41) is 0. The third kappa shape index (κ3) is 2.27. The van der Waals surface area contributed by atoms with Crippen LogP contribution in [-0.2, 0) is 4.79 Å². The molecule has 0 N–H and O–H groups in total. The van der Waals surface area contributed by atoms with Crippen LogP contribution < -0.4 is 14.7 Å². The predicted molar refractivity (Wildman–Crippen MR) is 92.3 cm³/mol. The first-order valence-corrected chi connectivity index (χ1v) is 8.59. The van der Waals surface area contributed by atoms with Gasteiger partial charge in [-0.25, -0.2) is 4.98 Å². The third-order valence-electron chi connectivity index (χ3n) is 5.45. The summed E-state index contributed by atoms with van der Waals surface area (Å²) in [6.07, 6.45) is 3.21. The third-order valence-corrected chi connectivity index (χ3v) is 5.45. The van der Waals surface area contributed by atoms with Crippen LogP contribution in [0.5, 0.6) is 0 Å². The minimum Gasteiger partial charge on any atom is -0.370 e. The Labute approximate surface area is 137 Å². The molecule has 0 radical (unpaired) electrons. The molecule has 0 aliphatic carbocycles. The van der Waals surface area contributed by atoms with Crippen molar-refractivity contribution in [2.45, 2.75) is 32.4 Å². The standard InChI is InChI=1S/C17H25N5O/c1-12(2)21-7-8-22-15(11-21)17(23)19(3)14-9-13(10-18-16(14)22)20-5-4-6-20/h9-10,12,15H,4-8,11H2,1-3H3/t15-/m0/s1. The maximum Gasteiger partial charge on any atom is 0.250 e. The van der Waals surface area contributed by atoms with Crippen molar-refractivity contribution in [2.75, 3.05) is 54.5 Å². The second-order valence-electron chi connectivity index (χ2n) is 7.07. The van der Waals surface area contributed by atoms with Crippen molar-refractivity contribution in [1.29, 1.82) is 0 Å². The zero-order chi connectivity index (χ0) is 16.1. The molecule has 2 fully saturated rings. The molecule has 124 valence electrons. The number of nitrogens with zero attached hydrogens (tertiary/aromatic N) is 5. The lowest BCUT2D eigenvalue weighted by Crippen LogP contribution is -2.63. The van der Waals surface area contributed by atoms with E-state index in [1.807, 2.05) is 13.2 Å². The van der Waals surface area contributed by atoms with Gasteiger partial charge in [0.1, 0.15) is 6.04 Å². The van der Waals surface area contributed by atoms with Gasteiger partial charge in [-0.05, 0) is 26.3 Å². The molecule has 23 heavy (non-hydrogen) atoms. The number of carbonyl (C=O) groups is 1. The van der Waals surface area contributed by atoms with Gasteiger partial charge >= 0.3 is 0 Å². The molecule has 4 rings (SSSR count). The molecule has 3 aliphatic rings. The van der Waals surface area contributed by atoms with Gasteiger partial charge in [-0.3, -0.25) is 9.69 Å². The molecule has 3 aliphatic heterocycles. The van der Waals surface area contributed by atoms with E-state index >= 15 is 0 Å².